The summed E-state index contributed by atoms with van der Waals surface area (Å²) in [6, 6.07) is 12.2. The Morgan fingerprint density at radius 2 is 1.85 bits per heavy atom. The summed E-state index contributed by atoms with van der Waals surface area (Å²) in [5.74, 6) is 1.49. The Hall–Kier alpha value is -3.60. The first kappa shape index (κ1) is 30.9. The van der Waals surface area contributed by atoms with Gasteiger partial charge >= 0.3 is 6.09 Å². The smallest absolute Gasteiger partial charge is 0.419 e. The number of rotatable bonds is 11. The Morgan fingerprint density at radius 1 is 1.10 bits per heavy atom. The second kappa shape index (κ2) is 14.7. The van der Waals surface area contributed by atoms with Crippen LogP contribution in [-0.4, -0.2) is 17.6 Å². The Labute approximate surface area is 240 Å². The van der Waals surface area contributed by atoms with Crippen LogP contribution in [0.25, 0.3) is 0 Å². The van der Waals surface area contributed by atoms with Crippen LogP contribution in [0.15, 0.2) is 77.9 Å². The van der Waals surface area contributed by atoms with Gasteiger partial charge in [-0.05, 0) is 114 Å². The van der Waals surface area contributed by atoms with Crippen LogP contribution < -0.4 is 14.8 Å². The normalized spacial score (nSPS) is 17.5. The Bertz CT molecular complexity index is 1260. The molecule has 3 rings (SSSR count). The van der Waals surface area contributed by atoms with E-state index < -0.39 is 17.6 Å². The minimum atomic E-state index is -0.809. The van der Waals surface area contributed by atoms with Gasteiger partial charge in [-0.25, -0.2) is 4.79 Å². The van der Waals surface area contributed by atoms with Crippen molar-refractivity contribution < 1.29 is 19.1 Å². The molecule has 40 heavy (non-hydrogen) atoms. The third-order valence-corrected chi connectivity index (χ3v) is 7.23. The molecule has 2 aromatic carbocycles. The number of hydrogen-bond donors (Lipinski definition) is 1. The average Bonchev–Trinajstić information content (AvgIpc) is 2.89. The molecule has 2 aromatic rings. The molecular formula is C35H45NO4. The van der Waals surface area contributed by atoms with Crippen molar-refractivity contribution >= 4 is 12.0 Å². The summed E-state index contributed by atoms with van der Waals surface area (Å²) >= 11 is 0. The van der Waals surface area contributed by atoms with Crippen molar-refractivity contribution in [3.05, 3.63) is 94.6 Å². The van der Waals surface area contributed by atoms with E-state index in [9.17, 15) is 9.59 Å². The molecule has 0 fully saturated rings. The number of ether oxygens (including phenoxy) is 2. The summed E-state index contributed by atoms with van der Waals surface area (Å²) in [7, 11) is 0. The van der Waals surface area contributed by atoms with Gasteiger partial charge < -0.3 is 9.47 Å². The minimum absolute atomic E-state index is 0.389. The lowest BCUT2D eigenvalue weighted by Crippen LogP contribution is -2.35. The fourth-order valence-electron chi connectivity index (χ4n) is 4.81. The lowest BCUT2D eigenvalue weighted by molar-refractivity contribution is 0.0950. The molecule has 1 heterocycles. The van der Waals surface area contributed by atoms with Crippen molar-refractivity contribution in [1.82, 2.24) is 5.32 Å². The summed E-state index contributed by atoms with van der Waals surface area (Å²) in [4.78, 5) is 24.5. The summed E-state index contributed by atoms with van der Waals surface area (Å²) in [6.45, 7) is 13.0. The number of carbonyl (C=O) groups excluding carboxylic acids is 2. The van der Waals surface area contributed by atoms with Gasteiger partial charge in [-0.2, -0.15) is 0 Å². The number of fused-ring (bicyclic) bond motifs is 1. The molecule has 2 amide bonds. The van der Waals surface area contributed by atoms with E-state index in [1.807, 2.05) is 19.1 Å². The second-order valence-corrected chi connectivity index (χ2v) is 11.6. The van der Waals surface area contributed by atoms with Crippen molar-refractivity contribution in [2.75, 3.05) is 0 Å². The second-order valence-electron chi connectivity index (χ2n) is 11.6. The predicted octanol–water partition coefficient (Wildman–Crippen LogP) is 9.06. The molecule has 1 N–H and O–H groups in total. The predicted molar refractivity (Wildman–Crippen MR) is 163 cm³/mol. The lowest BCUT2D eigenvalue weighted by atomic mass is 9.90. The van der Waals surface area contributed by atoms with Gasteiger partial charge in [-0.15, -0.1) is 0 Å². The van der Waals surface area contributed by atoms with Crippen LogP contribution in [0, 0.1) is 12.8 Å². The van der Waals surface area contributed by atoms with Crippen LogP contribution in [0.5, 0.6) is 11.5 Å². The van der Waals surface area contributed by atoms with Gasteiger partial charge in [0.1, 0.15) is 17.1 Å². The van der Waals surface area contributed by atoms with Crippen LogP contribution in [0.4, 0.5) is 4.79 Å². The van der Waals surface area contributed by atoms with Gasteiger partial charge in [0.15, 0.2) is 0 Å². The number of imide groups is 1. The third-order valence-electron chi connectivity index (χ3n) is 7.23. The molecule has 214 valence electrons. The summed E-state index contributed by atoms with van der Waals surface area (Å²) < 4.78 is 11.9. The molecule has 0 saturated carbocycles. The highest BCUT2D eigenvalue weighted by molar-refractivity contribution is 6.03. The maximum absolute atomic E-state index is 12.3. The van der Waals surface area contributed by atoms with Crippen LogP contribution >= 0.6 is 0 Å². The zero-order valence-corrected chi connectivity index (χ0v) is 25.0. The maximum atomic E-state index is 12.3. The van der Waals surface area contributed by atoms with Gasteiger partial charge in [0.25, 0.3) is 5.91 Å². The van der Waals surface area contributed by atoms with Crippen molar-refractivity contribution in [3.63, 3.8) is 0 Å². The summed E-state index contributed by atoms with van der Waals surface area (Å²) in [6.07, 6.45) is 15.5. The Kier molecular flexibility index (Phi) is 11.4. The maximum Gasteiger partial charge on any atom is 0.419 e. The summed E-state index contributed by atoms with van der Waals surface area (Å²) in [5, 5.41) is 2.27. The number of benzene rings is 2. The van der Waals surface area contributed by atoms with E-state index >= 15 is 0 Å². The Balaban J connectivity index is 1.53. The molecule has 0 radical (unpaired) electrons. The van der Waals surface area contributed by atoms with Crippen LogP contribution in [0.1, 0.15) is 94.6 Å². The van der Waals surface area contributed by atoms with Gasteiger partial charge in [0, 0.05) is 5.56 Å². The number of hydrogen-bond acceptors (Lipinski definition) is 4. The quantitative estimate of drug-likeness (QED) is 0.227. The topological polar surface area (TPSA) is 64.6 Å². The number of amides is 2. The molecule has 5 heteroatoms. The SMILES string of the molecule is CC(=CC=C[C@@]1(C)CCc2cc(OC(=O)NC(=O)c3ccccc3)cc(C)c2O1)CC/C=C(\C)CCCC(C)C. The molecule has 1 aliphatic rings. The fourth-order valence-corrected chi connectivity index (χ4v) is 4.81. The van der Waals surface area contributed by atoms with Crippen molar-refractivity contribution in [3.8, 4) is 11.5 Å². The minimum Gasteiger partial charge on any atom is -0.483 e. The average molecular weight is 544 g/mol. The van der Waals surface area contributed by atoms with E-state index in [0.29, 0.717) is 11.3 Å². The van der Waals surface area contributed by atoms with Crippen molar-refractivity contribution in [2.45, 2.75) is 92.1 Å². The first-order valence-electron chi connectivity index (χ1n) is 14.5. The van der Waals surface area contributed by atoms with Gasteiger partial charge in [0.05, 0.1) is 0 Å². The van der Waals surface area contributed by atoms with E-state index in [4.69, 9.17) is 9.47 Å². The van der Waals surface area contributed by atoms with Gasteiger partial charge in [-0.1, -0.05) is 67.8 Å². The molecule has 0 spiro atoms. The fraction of sp³-hybridized carbons (Fsp3) is 0.429. The van der Waals surface area contributed by atoms with E-state index in [1.54, 1.807) is 30.3 Å². The van der Waals surface area contributed by atoms with Gasteiger partial charge in [0.2, 0.25) is 0 Å². The van der Waals surface area contributed by atoms with Crippen molar-refractivity contribution in [2.24, 2.45) is 5.92 Å². The van der Waals surface area contributed by atoms with E-state index in [1.165, 1.54) is 30.4 Å². The monoisotopic (exact) mass is 543 g/mol. The van der Waals surface area contributed by atoms with Gasteiger partial charge in [-0.3, -0.25) is 10.1 Å². The summed E-state index contributed by atoms with van der Waals surface area (Å²) in [5.41, 5.74) is 4.71. The molecule has 0 unspecified atom stereocenters. The largest absolute Gasteiger partial charge is 0.483 e. The van der Waals surface area contributed by atoms with Crippen molar-refractivity contribution in [1.29, 1.82) is 0 Å². The third kappa shape index (κ3) is 9.86. The van der Waals surface area contributed by atoms with E-state index in [2.05, 4.69) is 64.2 Å². The molecule has 0 aliphatic carbocycles. The molecule has 1 aliphatic heterocycles. The number of nitrogens with one attached hydrogen (secondary N) is 1. The van der Waals surface area contributed by atoms with Crippen LogP contribution in [-0.2, 0) is 6.42 Å². The first-order valence-corrected chi connectivity index (χ1v) is 14.5. The highest BCUT2D eigenvalue weighted by Crippen LogP contribution is 2.39. The molecule has 0 bridgehead atoms. The molecule has 1 atom stereocenters. The van der Waals surface area contributed by atoms with Crippen LogP contribution in [0.2, 0.25) is 0 Å². The number of allylic oxidation sites excluding steroid dienone is 5. The highest BCUT2D eigenvalue weighted by atomic mass is 16.6. The zero-order chi connectivity index (χ0) is 29.1. The first-order chi connectivity index (χ1) is 19.0. The standard InChI is InChI=1S/C35H45NO4/c1-25(2)13-10-14-26(3)15-11-16-27(4)17-12-21-35(6)22-20-30-24-31(23-28(5)32(30)40-35)39-34(38)36-33(37)29-18-8-7-9-19-29/h7-9,12,15,17-19,21,23-25H,10-11,13-14,16,20,22H2,1-6H3,(H,36,37,38)/b21-12?,26-15+,27-17?/t35-/m0/s1. The highest BCUT2D eigenvalue weighted by Gasteiger charge is 2.30. The number of carbonyl (C=O) groups is 2. The molecular weight excluding hydrogens is 498 g/mol. The van der Waals surface area contributed by atoms with E-state index in [-0.39, 0.29) is 0 Å². The zero-order valence-electron chi connectivity index (χ0n) is 25.0. The molecule has 0 saturated heterocycles. The van der Waals surface area contributed by atoms with E-state index in [0.717, 1.165) is 48.5 Å². The molecule has 5 nitrogen and oxygen atoms in total. The number of aryl methyl sites for hydroxylation is 2. The van der Waals surface area contributed by atoms with Crippen LogP contribution in [0.3, 0.4) is 0 Å². The Morgan fingerprint density at radius 3 is 2.58 bits per heavy atom. The molecule has 0 aromatic heterocycles. The lowest BCUT2D eigenvalue weighted by Gasteiger charge is -2.34.